The van der Waals surface area contributed by atoms with Gasteiger partial charge in [0.25, 0.3) is 0 Å². The van der Waals surface area contributed by atoms with Crippen molar-refractivity contribution >= 4 is 5.82 Å². The minimum Gasteiger partial charge on any atom is -0.375 e. The molecule has 1 aliphatic heterocycles. The summed E-state index contributed by atoms with van der Waals surface area (Å²) < 4.78 is 5.63. The third-order valence-corrected chi connectivity index (χ3v) is 3.34. The molecule has 1 fully saturated rings. The first kappa shape index (κ1) is 14.2. The van der Waals surface area contributed by atoms with Gasteiger partial charge in [-0.2, -0.15) is 5.10 Å². The molecule has 0 saturated carbocycles. The molecular weight excluding hydrogens is 240 g/mol. The van der Waals surface area contributed by atoms with Crippen molar-refractivity contribution in [1.82, 2.24) is 15.5 Å². The van der Waals surface area contributed by atoms with Crippen LogP contribution in [0.4, 0.5) is 5.82 Å². The SMILES string of the molecule is CCCNCc1ccc(N2CC(C)OCC2C)nn1. The van der Waals surface area contributed by atoms with Crippen molar-refractivity contribution in [3.8, 4) is 0 Å². The Morgan fingerprint density at radius 2 is 2.21 bits per heavy atom. The van der Waals surface area contributed by atoms with E-state index in [1.54, 1.807) is 0 Å². The lowest BCUT2D eigenvalue weighted by Gasteiger charge is -2.37. The van der Waals surface area contributed by atoms with Gasteiger partial charge >= 0.3 is 0 Å². The molecule has 0 bridgehead atoms. The maximum Gasteiger partial charge on any atom is 0.151 e. The summed E-state index contributed by atoms with van der Waals surface area (Å²) in [5, 5.41) is 12.0. The highest BCUT2D eigenvalue weighted by Gasteiger charge is 2.24. The van der Waals surface area contributed by atoms with E-state index in [4.69, 9.17) is 4.74 Å². The lowest BCUT2D eigenvalue weighted by molar-refractivity contribution is 0.0340. The average Bonchev–Trinajstić information content (AvgIpc) is 2.43. The molecule has 0 aliphatic carbocycles. The number of nitrogens with zero attached hydrogens (tertiary/aromatic N) is 3. The third-order valence-electron chi connectivity index (χ3n) is 3.34. The summed E-state index contributed by atoms with van der Waals surface area (Å²) in [5.41, 5.74) is 0.992. The summed E-state index contributed by atoms with van der Waals surface area (Å²) >= 11 is 0. The molecule has 19 heavy (non-hydrogen) atoms. The van der Waals surface area contributed by atoms with Gasteiger partial charge in [-0.1, -0.05) is 6.92 Å². The highest BCUT2D eigenvalue weighted by molar-refractivity contribution is 5.39. The maximum absolute atomic E-state index is 5.63. The third kappa shape index (κ3) is 3.88. The van der Waals surface area contributed by atoms with Crippen LogP contribution >= 0.6 is 0 Å². The molecule has 0 amide bonds. The van der Waals surface area contributed by atoms with Gasteiger partial charge in [0.2, 0.25) is 0 Å². The number of ether oxygens (including phenoxy) is 1. The van der Waals surface area contributed by atoms with E-state index in [9.17, 15) is 0 Å². The van der Waals surface area contributed by atoms with Crippen LogP contribution in [0.15, 0.2) is 12.1 Å². The Hall–Kier alpha value is -1.20. The van der Waals surface area contributed by atoms with Gasteiger partial charge in [-0.05, 0) is 38.9 Å². The van der Waals surface area contributed by atoms with Gasteiger partial charge in [0.1, 0.15) is 0 Å². The van der Waals surface area contributed by atoms with Gasteiger partial charge in [0.05, 0.1) is 24.4 Å². The van der Waals surface area contributed by atoms with E-state index in [-0.39, 0.29) is 6.10 Å². The van der Waals surface area contributed by atoms with E-state index >= 15 is 0 Å². The number of hydrogen-bond donors (Lipinski definition) is 1. The Morgan fingerprint density at radius 3 is 2.89 bits per heavy atom. The molecule has 5 nitrogen and oxygen atoms in total. The number of nitrogens with one attached hydrogen (secondary N) is 1. The molecule has 1 aliphatic rings. The quantitative estimate of drug-likeness (QED) is 0.819. The summed E-state index contributed by atoms with van der Waals surface area (Å²) in [6.07, 6.45) is 1.39. The summed E-state index contributed by atoms with van der Waals surface area (Å²) in [4.78, 5) is 2.27. The molecule has 2 heterocycles. The number of aromatic nitrogens is 2. The van der Waals surface area contributed by atoms with Gasteiger partial charge in [-0.25, -0.2) is 0 Å². The summed E-state index contributed by atoms with van der Waals surface area (Å²) in [6, 6.07) is 4.47. The van der Waals surface area contributed by atoms with Crippen LogP contribution in [-0.2, 0) is 11.3 Å². The Kier molecular flexibility index (Phi) is 5.10. The zero-order valence-electron chi connectivity index (χ0n) is 12.1. The maximum atomic E-state index is 5.63. The van der Waals surface area contributed by atoms with Crippen LogP contribution < -0.4 is 10.2 Å². The lowest BCUT2D eigenvalue weighted by Crippen LogP contribution is -2.47. The molecule has 106 valence electrons. The first-order valence-electron chi connectivity index (χ1n) is 7.12. The zero-order chi connectivity index (χ0) is 13.7. The molecule has 1 aromatic heterocycles. The highest BCUT2D eigenvalue weighted by atomic mass is 16.5. The molecule has 5 heteroatoms. The summed E-state index contributed by atoms with van der Waals surface area (Å²) in [5.74, 6) is 0.946. The Bertz CT molecular complexity index is 382. The molecule has 1 aromatic rings. The van der Waals surface area contributed by atoms with Crippen LogP contribution in [0.25, 0.3) is 0 Å². The number of morpholine rings is 1. The first-order valence-corrected chi connectivity index (χ1v) is 7.12. The molecule has 1 N–H and O–H groups in total. The highest BCUT2D eigenvalue weighted by Crippen LogP contribution is 2.18. The standard InChI is InChI=1S/C14H24N4O/c1-4-7-15-8-13-5-6-14(17-16-13)18-9-12(3)19-10-11(18)2/h5-6,11-12,15H,4,7-10H2,1-3H3. The van der Waals surface area contributed by atoms with Crippen molar-refractivity contribution < 1.29 is 4.74 Å². The second kappa shape index (κ2) is 6.82. The normalized spacial score (nSPS) is 23.6. The van der Waals surface area contributed by atoms with Crippen molar-refractivity contribution in [2.75, 3.05) is 24.6 Å². The molecule has 2 unspecified atom stereocenters. The fourth-order valence-corrected chi connectivity index (χ4v) is 2.22. The van der Waals surface area contributed by atoms with Gasteiger partial charge in [0, 0.05) is 13.1 Å². The zero-order valence-corrected chi connectivity index (χ0v) is 12.1. The van der Waals surface area contributed by atoms with E-state index in [1.165, 1.54) is 0 Å². The monoisotopic (exact) mass is 264 g/mol. The van der Waals surface area contributed by atoms with E-state index in [1.807, 2.05) is 0 Å². The Balaban J connectivity index is 1.97. The van der Waals surface area contributed by atoms with Crippen LogP contribution in [0, 0.1) is 0 Å². The van der Waals surface area contributed by atoms with Gasteiger partial charge in [-0.3, -0.25) is 0 Å². The van der Waals surface area contributed by atoms with E-state index < -0.39 is 0 Å². The van der Waals surface area contributed by atoms with Crippen LogP contribution in [0.5, 0.6) is 0 Å². The molecule has 0 spiro atoms. The second-order valence-electron chi connectivity index (χ2n) is 5.20. The molecule has 0 aromatic carbocycles. The smallest absolute Gasteiger partial charge is 0.151 e. The van der Waals surface area contributed by atoms with Crippen LogP contribution in [-0.4, -0.2) is 42.0 Å². The Labute approximate surface area is 115 Å². The van der Waals surface area contributed by atoms with E-state index in [2.05, 4.69) is 53.3 Å². The van der Waals surface area contributed by atoms with Crippen molar-refractivity contribution in [2.45, 2.75) is 45.9 Å². The topological polar surface area (TPSA) is 50.3 Å². The van der Waals surface area contributed by atoms with Crippen molar-refractivity contribution in [3.63, 3.8) is 0 Å². The van der Waals surface area contributed by atoms with Gasteiger partial charge < -0.3 is 15.0 Å². The minimum atomic E-state index is 0.254. The van der Waals surface area contributed by atoms with Crippen LogP contribution in [0.2, 0.25) is 0 Å². The Morgan fingerprint density at radius 1 is 1.37 bits per heavy atom. The van der Waals surface area contributed by atoms with E-state index in [0.29, 0.717) is 6.04 Å². The van der Waals surface area contributed by atoms with Crippen LogP contribution in [0.3, 0.4) is 0 Å². The predicted octanol–water partition coefficient (Wildman–Crippen LogP) is 1.59. The molecule has 1 saturated heterocycles. The fourth-order valence-electron chi connectivity index (χ4n) is 2.22. The lowest BCUT2D eigenvalue weighted by atomic mass is 10.2. The molecule has 2 atom stereocenters. The number of hydrogen-bond acceptors (Lipinski definition) is 5. The van der Waals surface area contributed by atoms with Crippen molar-refractivity contribution in [1.29, 1.82) is 0 Å². The minimum absolute atomic E-state index is 0.254. The van der Waals surface area contributed by atoms with Crippen molar-refractivity contribution in [2.24, 2.45) is 0 Å². The molecule has 2 rings (SSSR count). The summed E-state index contributed by atoms with van der Waals surface area (Å²) in [7, 11) is 0. The van der Waals surface area contributed by atoms with Gasteiger partial charge in [0.15, 0.2) is 5.82 Å². The number of anilines is 1. The first-order chi connectivity index (χ1) is 9.20. The number of rotatable bonds is 5. The predicted molar refractivity (Wildman–Crippen MR) is 76.3 cm³/mol. The average molecular weight is 264 g/mol. The van der Waals surface area contributed by atoms with E-state index in [0.717, 1.165) is 44.2 Å². The summed E-state index contributed by atoms with van der Waals surface area (Å²) in [6.45, 7) is 9.84. The molecule has 0 radical (unpaired) electrons. The van der Waals surface area contributed by atoms with Crippen molar-refractivity contribution in [3.05, 3.63) is 17.8 Å². The second-order valence-corrected chi connectivity index (χ2v) is 5.20. The van der Waals surface area contributed by atoms with Crippen LogP contribution in [0.1, 0.15) is 32.9 Å². The molecular formula is C14H24N4O. The largest absolute Gasteiger partial charge is 0.375 e. The fraction of sp³-hybridized carbons (Fsp3) is 0.714. The van der Waals surface area contributed by atoms with Gasteiger partial charge in [-0.15, -0.1) is 5.10 Å².